The van der Waals surface area contributed by atoms with Gasteiger partial charge in [0.15, 0.2) is 0 Å². The molecule has 4 nitrogen and oxygen atoms in total. The van der Waals surface area contributed by atoms with Crippen LogP contribution in [0.2, 0.25) is 0 Å². The molecule has 0 bridgehead atoms. The van der Waals surface area contributed by atoms with Crippen LogP contribution in [0.25, 0.3) is 99.3 Å². The van der Waals surface area contributed by atoms with Crippen molar-refractivity contribution >= 4 is 65.4 Å². The van der Waals surface area contributed by atoms with Crippen LogP contribution in [-0.4, -0.2) is 18.3 Å². The second kappa shape index (κ2) is 11.6. The molecular weight excluding hydrogens is 753 g/mol. The minimum atomic E-state index is -0.127. The van der Waals surface area contributed by atoms with Crippen molar-refractivity contribution in [1.29, 1.82) is 0 Å². The molecule has 14 rings (SSSR count). The van der Waals surface area contributed by atoms with Gasteiger partial charge in [-0.25, -0.2) is 0 Å². The van der Waals surface area contributed by atoms with Gasteiger partial charge in [0.25, 0.3) is 0 Å². The maximum Gasteiger partial charge on any atom is 0.0545 e. The Bertz CT molecular complexity index is 3640. The van der Waals surface area contributed by atoms with Gasteiger partial charge in [0.05, 0.1) is 44.5 Å². The molecule has 0 fully saturated rings. The molecule has 2 aliphatic heterocycles. The minimum absolute atomic E-state index is 0.127. The predicted octanol–water partition coefficient (Wildman–Crippen LogP) is 14.7. The smallest absolute Gasteiger partial charge is 0.0545 e. The van der Waals surface area contributed by atoms with E-state index >= 15 is 0 Å². The van der Waals surface area contributed by atoms with Crippen molar-refractivity contribution in [2.75, 3.05) is 0 Å². The number of para-hydroxylation sites is 4. The molecule has 0 N–H and O–H groups in total. The van der Waals surface area contributed by atoms with Gasteiger partial charge >= 0.3 is 0 Å². The fraction of sp³-hybridized carbons (Fsp3) is 0.103. The topological polar surface area (TPSA) is 19.7 Å². The van der Waals surface area contributed by atoms with Crippen molar-refractivity contribution in [2.45, 2.75) is 38.5 Å². The molecule has 8 aromatic carbocycles. The Labute approximate surface area is 359 Å². The SMILES string of the molecule is CC1(C)c2cc3c(cc2-n2c1cc1ccccc12)c1ccccc1n3-c1ccc(-c2ccc(-n3c4ccccc4c4cc5c(cc43)C(C)(C)c3cc4ccccc4n3-5)cc2)cc1. The van der Waals surface area contributed by atoms with Crippen LogP contribution in [-0.2, 0) is 10.8 Å². The third kappa shape index (κ3) is 4.26. The van der Waals surface area contributed by atoms with Gasteiger partial charge in [0.2, 0.25) is 0 Å². The highest BCUT2D eigenvalue weighted by Crippen LogP contribution is 2.50. The summed E-state index contributed by atoms with van der Waals surface area (Å²) in [5.41, 5.74) is 20.0. The highest BCUT2D eigenvalue weighted by Gasteiger charge is 2.39. The molecular formula is C58H42N4. The van der Waals surface area contributed by atoms with Gasteiger partial charge in [-0.2, -0.15) is 0 Å². The molecule has 4 aromatic heterocycles. The Morgan fingerprint density at radius 3 is 1.10 bits per heavy atom. The lowest BCUT2D eigenvalue weighted by molar-refractivity contribution is 0.645. The first kappa shape index (κ1) is 34.2. The van der Waals surface area contributed by atoms with E-state index in [4.69, 9.17) is 0 Å². The summed E-state index contributed by atoms with van der Waals surface area (Å²) in [7, 11) is 0. The summed E-state index contributed by atoms with van der Waals surface area (Å²) in [6.45, 7) is 9.48. The van der Waals surface area contributed by atoms with Gasteiger partial charge in [-0.1, -0.05) is 125 Å². The summed E-state index contributed by atoms with van der Waals surface area (Å²) in [5.74, 6) is 0. The Kier molecular flexibility index (Phi) is 6.41. The highest BCUT2D eigenvalue weighted by atomic mass is 15.1. The minimum Gasteiger partial charge on any atom is -0.312 e. The number of benzene rings is 8. The van der Waals surface area contributed by atoms with Crippen LogP contribution in [0, 0.1) is 0 Å². The van der Waals surface area contributed by atoms with E-state index in [0.29, 0.717) is 0 Å². The van der Waals surface area contributed by atoms with Crippen LogP contribution in [0.1, 0.15) is 50.2 Å². The van der Waals surface area contributed by atoms with E-state index in [9.17, 15) is 0 Å². The summed E-state index contributed by atoms with van der Waals surface area (Å²) < 4.78 is 9.90. The second-order valence-corrected chi connectivity index (χ2v) is 18.7. The lowest BCUT2D eigenvalue weighted by atomic mass is 9.83. The quantitative estimate of drug-likeness (QED) is 0.170. The maximum absolute atomic E-state index is 2.49. The molecule has 0 saturated carbocycles. The van der Waals surface area contributed by atoms with E-state index in [2.05, 4.69) is 228 Å². The van der Waals surface area contributed by atoms with Crippen molar-refractivity contribution < 1.29 is 0 Å². The molecule has 0 unspecified atom stereocenters. The molecule has 62 heavy (non-hydrogen) atoms. The van der Waals surface area contributed by atoms with Crippen molar-refractivity contribution in [3.63, 3.8) is 0 Å². The monoisotopic (exact) mass is 794 g/mol. The van der Waals surface area contributed by atoms with E-state index in [0.717, 1.165) is 11.4 Å². The Hall–Kier alpha value is -7.56. The molecule has 0 radical (unpaired) electrons. The van der Waals surface area contributed by atoms with E-state index < -0.39 is 0 Å². The van der Waals surface area contributed by atoms with Crippen LogP contribution in [0.5, 0.6) is 0 Å². The molecule has 0 amide bonds. The molecule has 12 aromatic rings. The first-order valence-corrected chi connectivity index (χ1v) is 21.8. The number of aromatic nitrogens is 4. The zero-order valence-corrected chi connectivity index (χ0v) is 35.1. The first-order valence-electron chi connectivity index (χ1n) is 21.8. The predicted molar refractivity (Wildman–Crippen MR) is 258 cm³/mol. The zero-order chi connectivity index (χ0) is 41.2. The number of nitrogens with zero attached hydrogens (tertiary/aromatic N) is 4. The third-order valence-electron chi connectivity index (χ3n) is 14.7. The molecule has 6 heterocycles. The van der Waals surface area contributed by atoms with Gasteiger partial charge in [-0.05, 0) is 107 Å². The standard InChI is InChI=1S/C58H42N4/c1-57(2)45-33-51-43(31-53(45)61-47-17-9-5-13-37(47)29-55(57)61)41-15-7-11-19-49(41)59(51)39-25-21-35(22-26-39)36-23-27-40(28-24-36)60-50-20-12-8-16-42(50)44-32-54-46(34-52(44)60)58(3,4)56-30-38-14-6-10-18-48(38)62(54)56/h5-34H,1-4H3. The van der Waals surface area contributed by atoms with Crippen molar-refractivity contribution in [3.8, 4) is 33.9 Å². The fourth-order valence-corrected chi connectivity index (χ4v) is 11.6. The average molecular weight is 795 g/mol. The van der Waals surface area contributed by atoms with Gasteiger partial charge < -0.3 is 18.3 Å². The second-order valence-electron chi connectivity index (χ2n) is 18.7. The lowest BCUT2D eigenvalue weighted by Crippen LogP contribution is -2.15. The first-order chi connectivity index (χ1) is 30.3. The summed E-state index contributed by atoms with van der Waals surface area (Å²) in [6.07, 6.45) is 0. The average Bonchev–Trinajstić information content (AvgIpc) is 4.12. The summed E-state index contributed by atoms with van der Waals surface area (Å²) in [6, 6.07) is 68.1. The summed E-state index contributed by atoms with van der Waals surface area (Å²) in [5, 5.41) is 7.69. The van der Waals surface area contributed by atoms with Crippen molar-refractivity contribution in [3.05, 3.63) is 205 Å². The Morgan fingerprint density at radius 1 is 0.306 bits per heavy atom. The van der Waals surface area contributed by atoms with Gasteiger partial charge in [-0.15, -0.1) is 0 Å². The summed E-state index contributed by atoms with van der Waals surface area (Å²) in [4.78, 5) is 0. The number of hydrogen-bond acceptors (Lipinski definition) is 0. The van der Waals surface area contributed by atoms with E-state index in [1.165, 1.54) is 110 Å². The number of hydrogen-bond donors (Lipinski definition) is 0. The maximum atomic E-state index is 2.49. The van der Waals surface area contributed by atoms with Gasteiger partial charge in [0, 0.05) is 65.9 Å². The Balaban J connectivity index is 0.861. The van der Waals surface area contributed by atoms with Crippen LogP contribution >= 0.6 is 0 Å². The molecule has 0 spiro atoms. The highest BCUT2D eigenvalue weighted by molar-refractivity contribution is 6.12. The lowest BCUT2D eigenvalue weighted by Gasteiger charge is -2.19. The van der Waals surface area contributed by atoms with Crippen LogP contribution in [0.4, 0.5) is 0 Å². The van der Waals surface area contributed by atoms with E-state index in [1.807, 2.05) is 0 Å². The van der Waals surface area contributed by atoms with Crippen LogP contribution < -0.4 is 0 Å². The molecule has 2 aliphatic rings. The van der Waals surface area contributed by atoms with Crippen molar-refractivity contribution in [1.82, 2.24) is 18.3 Å². The van der Waals surface area contributed by atoms with Crippen LogP contribution in [0.3, 0.4) is 0 Å². The van der Waals surface area contributed by atoms with E-state index in [1.54, 1.807) is 0 Å². The van der Waals surface area contributed by atoms with Gasteiger partial charge in [0.1, 0.15) is 0 Å². The summed E-state index contributed by atoms with van der Waals surface area (Å²) >= 11 is 0. The number of rotatable bonds is 3. The van der Waals surface area contributed by atoms with E-state index in [-0.39, 0.29) is 10.8 Å². The van der Waals surface area contributed by atoms with Crippen LogP contribution in [0.15, 0.2) is 182 Å². The largest absolute Gasteiger partial charge is 0.312 e. The molecule has 4 heteroatoms. The molecule has 0 saturated heterocycles. The van der Waals surface area contributed by atoms with Crippen molar-refractivity contribution in [2.24, 2.45) is 0 Å². The Morgan fingerprint density at radius 2 is 0.677 bits per heavy atom. The molecule has 0 atom stereocenters. The molecule has 294 valence electrons. The third-order valence-corrected chi connectivity index (χ3v) is 14.7. The normalized spacial score (nSPS) is 14.7. The zero-order valence-electron chi connectivity index (χ0n) is 35.1. The van der Waals surface area contributed by atoms with Gasteiger partial charge in [-0.3, -0.25) is 0 Å². The fourth-order valence-electron chi connectivity index (χ4n) is 11.6. The number of fused-ring (bicyclic) bond motifs is 16. The molecule has 0 aliphatic carbocycles.